The predicted octanol–water partition coefficient (Wildman–Crippen LogP) is 8.29. The summed E-state index contributed by atoms with van der Waals surface area (Å²) in [6.45, 7) is 11.7. The Morgan fingerprint density at radius 1 is 0.857 bits per heavy atom. The molecule has 0 saturated carbocycles. The van der Waals surface area contributed by atoms with Crippen molar-refractivity contribution < 1.29 is 28.8 Å². The summed E-state index contributed by atoms with van der Waals surface area (Å²) in [6, 6.07) is 32.8. The summed E-state index contributed by atoms with van der Waals surface area (Å²) in [7, 11) is -3.99. The van der Waals surface area contributed by atoms with Crippen molar-refractivity contribution in [2.45, 2.75) is 90.6 Å². The minimum Gasteiger partial charge on any atom is -0.507 e. The Kier molecular flexibility index (Phi) is 11.9. The lowest BCUT2D eigenvalue weighted by molar-refractivity contribution is -0.140. The molecule has 0 aromatic heterocycles. The van der Waals surface area contributed by atoms with Crippen molar-refractivity contribution >= 4 is 54.5 Å². The van der Waals surface area contributed by atoms with Crippen LogP contribution in [0.2, 0.25) is 11.4 Å². The van der Waals surface area contributed by atoms with Crippen LogP contribution in [0.3, 0.4) is 0 Å². The first kappa shape index (κ1) is 39.9. The summed E-state index contributed by atoms with van der Waals surface area (Å²) in [5.41, 5.74) is 4.38. The number of phenols is 1. The molecule has 1 aliphatic carbocycles. The largest absolute Gasteiger partial charge is 0.507 e. The zero-order valence-corrected chi connectivity index (χ0v) is 34.5. The van der Waals surface area contributed by atoms with E-state index in [1.165, 1.54) is 20.8 Å². The number of hydrogen-bond donors (Lipinski definition) is 2. The molecule has 4 aromatic rings. The smallest absolute Gasteiger partial charge is 0.455 e. The fourth-order valence-electron chi connectivity index (χ4n) is 9.92. The van der Waals surface area contributed by atoms with Crippen LogP contribution in [0.1, 0.15) is 78.7 Å². The molecule has 2 fully saturated rings. The van der Waals surface area contributed by atoms with Gasteiger partial charge < -0.3 is 19.2 Å². The van der Waals surface area contributed by atoms with Crippen LogP contribution in [0.5, 0.6) is 5.75 Å². The van der Waals surface area contributed by atoms with Gasteiger partial charge in [0.2, 0.25) is 11.8 Å². The van der Waals surface area contributed by atoms with Gasteiger partial charge in [0.15, 0.2) is 0 Å². The van der Waals surface area contributed by atoms with Crippen molar-refractivity contribution in [2.24, 2.45) is 17.8 Å². The number of amides is 2. The molecule has 2 aliphatic heterocycles. The van der Waals surface area contributed by atoms with E-state index in [0.29, 0.717) is 32.4 Å². The monoisotopic (exact) mass is 769 g/mol. The van der Waals surface area contributed by atoms with Gasteiger partial charge >= 0.3 is 7.12 Å². The summed E-state index contributed by atoms with van der Waals surface area (Å²) < 4.78 is 14.0. The van der Waals surface area contributed by atoms with Crippen molar-refractivity contribution in [3.05, 3.63) is 119 Å². The van der Waals surface area contributed by atoms with Crippen LogP contribution in [0.25, 0.3) is 16.8 Å². The van der Waals surface area contributed by atoms with Crippen LogP contribution >= 0.6 is 0 Å². The molecule has 0 spiro atoms. The van der Waals surface area contributed by atoms with Crippen LogP contribution in [0.15, 0.2) is 114 Å². The van der Waals surface area contributed by atoms with E-state index < -0.39 is 33.4 Å². The molecule has 2 N–H and O–H groups in total. The number of aromatic hydroxyl groups is 1. The molecule has 56 heavy (non-hydrogen) atoms. The number of likely N-dealkylation sites (tertiary alicyclic amines) is 1. The van der Waals surface area contributed by atoms with E-state index in [1.54, 1.807) is 6.07 Å². The second-order valence-corrected chi connectivity index (χ2v) is 21.2. The number of phenolic OH excluding ortho intramolecular Hbond substituents is 1. The molecular formula is C47H56BNO6Si. The summed E-state index contributed by atoms with van der Waals surface area (Å²) in [5.74, 6) is -1.28. The van der Waals surface area contributed by atoms with Gasteiger partial charge in [-0.2, -0.15) is 0 Å². The highest BCUT2D eigenvalue weighted by Crippen LogP contribution is 2.51. The minimum atomic E-state index is -2.95. The van der Waals surface area contributed by atoms with Gasteiger partial charge in [-0.25, -0.2) is 0 Å². The fourth-order valence-corrected chi connectivity index (χ4v) is 14.5. The number of imide groups is 1. The third kappa shape index (κ3) is 7.47. The lowest BCUT2D eigenvalue weighted by Crippen LogP contribution is -2.66. The Bertz CT molecular complexity index is 2070. The van der Waals surface area contributed by atoms with Crippen molar-refractivity contribution in [2.75, 3.05) is 13.2 Å². The molecule has 9 heteroatoms. The van der Waals surface area contributed by atoms with Crippen molar-refractivity contribution in [1.29, 1.82) is 0 Å². The number of fused-ring (bicyclic) bond motifs is 4. The molecule has 0 unspecified atom stereocenters. The molecular weight excluding hydrogens is 713 g/mol. The number of carbonyl (C=O) groups is 2. The zero-order valence-electron chi connectivity index (χ0n) is 33.5. The Morgan fingerprint density at radius 3 is 2.12 bits per heavy atom. The van der Waals surface area contributed by atoms with E-state index in [9.17, 15) is 19.7 Å². The first-order valence-electron chi connectivity index (χ1n) is 20.5. The molecule has 0 bridgehead atoms. The molecule has 2 amide bonds. The normalized spacial score (nSPS) is 21.9. The second kappa shape index (κ2) is 16.7. The maximum absolute atomic E-state index is 14.1. The maximum Gasteiger partial charge on any atom is 0.455 e. The van der Waals surface area contributed by atoms with Gasteiger partial charge in [-0.3, -0.25) is 14.5 Å². The van der Waals surface area contributed by atoms with E-state index in [1.807, 2.05) is 49.4 Å². The van der Waals surface area contributed by atoms with E-state index in [0.717, 1.165) is 46.7 Å². The molecule has 2 heterocycles. The molecule has 2 saturated heterocycles. The number of hydrogen-bond acceptors (Lipinski definition) is 6. The highest BCUT2D eigenvalue weighted by molar-refractivity contribution is 6.99. The Hall–Kier alpha value is -4.28. The highest BCUT2D eigenvalue weighted by atomic mass is 28.4. The number of nitrogens with zero attached hydrogens (tertiary/aromatic N) is 1. The van der Waals surface area contributed by atoms with Crippen LogP contribution in [-0.4, -0.2) is 61.5 Å². The lowest BCUT2D eigenvalue weighted by atomic mass is 9.58. The first-order valence-corrected chi connectivity index (χ1v) is 22.4. The SMILES string of the molecule is CCC/C(=C\c1ccc(O)c2ccccc12)CC[C@H]1OB(O)C[C@H]2C1=C(CO[Si](c1ccccc1)(c1ccccc1)C(C)(C)C)C[C@H]1C(=O)N(CCC)C(=O)[C@H]12. The highest BCUT2D eigenvalue weighted by Gasteiger charge is 2.58. The average Bonchev–Trinajstić information content (AvgIpc) is 3.43. The molecule has 7 nitrogen and oxygen atoms in total. The molecule has 4 atom stereocenters. The van der Waals surface area contributed by atoms with Crippen molar-refractivity contribution in [1.82, 2.24) is 4.90 Å². The van der Waals surface area contributed by atoms with E-state index >= 15 is 0 Å². The van der Waals surface area contributed by atoms with Gasteiger partial charge in [-0.15, -0.1) is 0 Å². The lowest BCUT2D eigenvalue weighted by Gasteiger charge is -2.46. The zero-order chi connectivity index (χ0) is 39.6. The van der Waals surface area contributed by atoms with E-state index in [4.69, 9.17) is 9.08 Å². The number of carbonyl (C=O) groups excluding carboxylic acids is 2. The van der Waals surface area contributed by atoms with Gasteiger partial charge in [0, 0.05) is 11.9 Å². The van der Waals surface area contributed by atoms with Crippen LogP contribution in [0.4, 0.5) is 0 Å². The summed E-state index contributed by atoms with van der Waals surface area (Å²) in [4.78, 5) is 29.6. The van der Waals surface area contributed by atoms with Gasteiger partial charge in [0.05, 0.1) is 24.5 Å². The number of benzene rings is 4. The van der Waals surface area contributed by atoms with Gasteiger partial charge in [0.25, 0.3) is 8.32 Å². The third-order valence-electron chi connectivity index (χ3n) is 12.3. The molecule has 4 aromatic carbocycles. The van der Waals surface area contributed by atoms with Gasteiger partial charge in [-0.05, 0) is 87.9 Å². The Morgan fingerprint density at radius 2 is 1.50 bits per heavy atom. The van der Waals surface area contributed by atoms with Crippen LogP contribution in [-0.2, 0) is 18.7 Å². The van der Waals surface area contributed by atoms with Crippen LogP contribution < -0.4 is 10.4 Å². The van der Waals surface area contributed by atoms with Gasteiger partial charge in [0.1, 0.15) is 5.75 Å². The summed E-state index contributed by atoms with van der Waals surface area (Å²) >= 11 is 0. The Balaban J connectivity index is 1.30. The molecule has 7 rings (SSSR count). The summed E-state index contributed by atoms with van der Waals surface area (Å²) in [5, 5.41) is 25.8. The predicted molar refractivity (Wildman–Crippen MR) is 228 cm³/mol. The Labute approximate surface area is 333 Å². The standard InChI is InChI=1S/C47H56BNO6Si/c1-6-16-32(28-33-24-25-41(50)38-22-15-14-21-37(33)38)23-26-42-43-34(29-39-44(40(43)30-48(53)55-42)46(52)49(27-7-2)45(39)51)31-54-56(47(3,4)5,35-17-10-8-11-18-35)36-19-12-9-13-20-36/h8-15,17-22,24-25,28,39-40,42,44,50,53H,6-7,16,23,26-27,29-31H2,1-5H3/b32-28+/t39-,40+,42-,44-/m1/s1. The topological polar surface area (TPSA) is 96.3 Å². The molecule has 3 aliphatic rings. The second-order valence-electron chi connectivity index (χ2n) is 16.9. The van der Waals surface area contributed by atoms with E-state index in [-0.39, 0.29) is 34.8 Å². The number of rotatable bonds is 13. The minimum absolute atomic E-state index is 0.101. The van der Waals surface area contributed by atoms with Crippen molar-refractivity contribution in [3.8, 4) is 5.75 Å². The quantitative estimate of drug-likeness (QED) is 0.0808. The maximum atomic E-state index is 14.1. The molecule has 0 radical (unpaired) electrons. The third-order valence-corrected chi connectivity index (χ3v) is 17.3. The number of allylic oxidation sites excluding steroid dienone is 1. The first-order chi connectivity index (χ1) is 27.0. The molecule has 292 valence electrons. The van der Waals surface area contributed by atoms with Crippen molar-refractivity contribution in [3.63, 3.8) is 0 Å². The van der Waals surface area contributed by atoms with E-state index in [2.05, 4.69) is 82.3 Å². The fraction of sp³-hybridized carbons (Fsp3) is 0.404. The van der Waals surface area contributed by atoms with Gasteiger partial charge in [-0.1, -0.05) is 144 Å². The van der Waals surface area contributed by atoms with Crippen LogP contribution in [0, 0.1) is 17.8 Å². The average molecular weight is 770 g/mol. The summed E-state index contributed by atoms with van der Waals surface area (Å²) in [6.07, 6.45) is 6.40.